The van der Waals surface area contributed by atoms with Crippen molar-refractivity contribution in [1.82, 2.24) is 9.80 Å². The summed E-state index contributed by atoms with van der Waals surface area (Å²) in [6.45, 7) is 5.97. The monoisotopic (exact) mass is 645 g/mol. The van der Waals surface area contributed by atoms with Crippen molar-refractivity contribution in [2.75, 3.05) is 51.7 Å². The Balaban J connectivity index is 0.000000559. The van der Waals surface area contributed by atoms with Crippen molar-refractivity contribution >= 4 is 68.0 Å². The number of benzene rings is 1. The van der Waals surface area contributed by atoms with Gasteiger partial charge in [0.15, 0.2) is 0 Å². The zero-order chi connectivity index (χ0) is 30.4. The fourth-order valence-corrected chi connectivity index (χ4v) is 4.99. The standard InChI is InChI=1S/C20H24BrN3O3S.2C2H2O4/c1-3-27-20(26)17-16(14-7-5-4-6-8-14)18(21)28-19(17)22-15(25)13-24-11-9-23(2)10-12-24;2*3-1(4)2(5)6/h4-8H,3,9-13H2,1-2H3,(H,22,25);2*(H,3,4)(H,5,6). The zero-order valence-electron chi connectivity index (χ0n) is 21.5. The average molecular weight is 646 g/mol. The molecule has 3 rings (SSSR count). The van der Waals surface area contributed by atoms with Crippen molar-refractivity contribution in [3.63, 3.8) is 0 Å². The van der Waals surface area contributed by atoms with Gasteiger partial charge >= 0.3 is 29.8 Å². The molecule has 1 aromatic heterocycles. The lowest BCUT2D eigenvalue weighted by molar-refractivity contribution is -0.159. The summed E-state index contributed by atoms with van der Waals surface area (Å²) in [7, 11) is 2.08. The lowest BCUT2D eigenvalue weighted by atomic mass is 10.0. The molecule has 1 aromatic carbocycles. The predicted molar refractivity (Wildman–Crippen MR) is 147 cm³/mol. The Morgan fingerprint density at radius 3 is 1.85 bits per heavy atom. The first-order chi connectivity index (χ1) is 18.8. The van der Waals surface area contributed by atoms with Gasteiger partial charge in [0.2, 0.25) is 5.91 Å². The van der Waals surface area contributed by atoms with Crippen LogP contribution in [0.5, 0.6) is 0 Å². The number of nitrogens with zero attached hydrogens (tertiary/aromatic N) is 2. The molecule has 0 radical (unpaired) electrons. The number of carbonyl (C=O) groups excluding carboxylic acids is 2. The molecule has 2 heterocycles. The molecular weight excluding hydrogens is 618 g/mol. The molecular formula is C24H28BrN3O11S. The Morgan fingerprint density at radius 1 is 0.900 bits per heavy atom. The van der Waals surface area contributed by atoms with Crippen LogP contribution in [0, 0.1) is 0 Å². The van der Waals surface area contributed by atoms with Crippen LogP contribution in [-0.2, 0) is 28.7 Å². The van der Waals surface area contributed by atoms with E-state index in [1.54, 1.807) is 6.92 Å². The first kappa shape index (κ1) is 34.2. The summed E-state index contributed by atoms with van der Waals surface area (Å²) in [5.41, 5.74) is 2.05. The van der Waals surface area contributed by atoms with Gasteiger partial charge in [-0.05, 0) is 35.5 Å². The maximum absolute atomic E-state index is 12.7. The van der Waals surface area contributed by atoms with E-state index in [0.29, 0.717) is 17.1 Å². The van der Waals surface area contributed by atoms with Gasteiger partial charge in [0.1, 0.15) is 10.6 Å². The van der Waals surface area contributed by atoms with Crippen LogP contribution < -0.4 is 5.32 Å². The first-order valence-electron chi connectivity index (χ1n) is 11.5. The molecule has 1 aliphatic rings. The fourth-order valence-electron chi connectivity index (χ4n) is 3.13. The number of esters is 1. The largest absolute Gasteiger partial charge is 0.473 e. The normalized spacial score (nSPS) is 13.0. The zero-order valence-corrected chi connectivity index (χ0v) is 23.9. The summed E-state index contributed by atoms with van der Waals surface area (Å²) >= 11 is 4.90. The summed E-state index contributed by atoms with van der Waals surface area (Å²) in [6.07, 6.45) is 0. The van der Waals surface area contributed by atoms with E-state index in [1.807, 2.05) is 30.3 Å². The molecule has 1 aliphatic heterocycles. The predicted octanol–water partition coefficient (Wildman–Crippen LogP) is 1.85. The Morgan fingerprint density at radius 2 is 1.40 bits per heavy atom. The van der Waals surface area contributed by atoms with Crippen molar-refractivity contribution in [1.29, 1.82) is 0 Å². The molecule has 0 aliphatic carbocycles. The van der Waals surface area contributed by atoms with Crippen LogP contribution in [0.1, 0.15) is 17.3 Å². The van der Waals surface area contributed by atoms with Crippen LogP contribution in [0.3, 0.4) is 0 Å². The minimum absolute atomic E-state index is 0.122. The number of likely N-dealkylation sites (N-methyl/N-ethyl adjacent to an activating group) is 1. The van der Waals surface area contributed by atoms with E-state index in [4.69, 9.17) is 44.3 Å². The van der Waals surface area contributed by atoms with Gasteiger partial charge in [-0.1, -0.05) is 30.3 Å². The van der Waals surface area contributed by atoms with Crippen LogP contribution in [0.4, 0.5) is 5.00 Å². The highest BCUT2D eigenvalue weighted by atomic mass is 79.9. The number of amides is 1. The van der Waals surface area contributed by atoms with Crippen molar-refractivity contribution in [2.45, 2.75) is 6.92 Å². The summed E-state index contributed by atoms with van der Waals surface area (Å²) < 4.78 is 6.06. The van der Waals surface area contributed by atoms with Gasteiger partial charge in [-0.25, -0.2) is 24.0 Å². The molecule has 218 valence electrons. The van der Waals surface area contributed by atoms with Crippen molar-refractivity contribution in [3.05, 3.63) is 39.7 Å². The van der Waals surface area contributed by atoms with E-state index in [0.717, 1.165) is 41.1 Å². The Bertz CT molecular complexity index is 1160. The van der Waals surface area contributed by atoms with Crippen molar-refractivity contribution in [2.24, 2.45) is 0 Å². The smallest absolute Gasteiger partial charge is 0.414 e. The Labute approximate surface area is 240 Å². The van der Waals surface area contributed by atoms with Gasteiger partial charge in [-0.2, -0.15) is 0 Å². The lowest BCUT2D eigenvalue weighted by Gasteiger charge is -2.31. The van der Waals surface area contributed by atoms with E-state index in [-0.39, 0.29) is 12.5 Å². The quantitative estimate of drug-likeness (QED) is 0.224. The minimum Gasteiger partial charge on any atom is -0.473 e. The molecule has 0 bridgehead atoms. The lowest BCUT2D eigenvalue weighted by Crippen LogP contribution is -2.47. The molecule has 0 spiro atoms. The fraction of sp³-hybridized carbons (Fsp3) is 0.333. The molecule has 2 aromatic rings. The number of nitrogens with one attached hydrogen (secondary N) is 1. The van der Waals surface area contributed by atoms with Gasteiger partial charge in [-0.15, -0.1) is 11.3 Å². The number of aliphatic carboxylic acids is 4. The number of anilines is 1. The van der Waals surface area contributed by atoms with Crippen LogP contribution >= 0.6 is 27.3 Å². The van der Waals surface area contributed by atoms with E-state index in [9.17, 15) is 9.59 Å². The first-order valence-corrected chi connectivity index (χ1v) is 13.1. The molecule has 1 amide bonds. The van der Waals surface area contributed by atoms with Gasteiger partial charge in [0, 0.05) is 31.7 Å². The maximum atomic E-state index is 12.7. The van der Waals surface area contributed by atoms with Gasteiger partial charge in [0.25, 0.3) is 0 Å². The third-order valence-electron chi connectivity index (χ3n) is 4.99. The second kappa shape index (κ2) is 17.0. The van der Waals surface area contributed by atoms with E-state index >= 15 is 0 Å². The number of carboxylic acid groups (broad SMARTS) is 4. The number of rotatable bonds is 6. The molecule has 0 atom stereocenters. The Hall–Kier alpha value is -3.86. The molecule has 16 heteroatoms. The van der Waals surface area contributed by atoms with Crippen LogP contribution in [0.15, 0.2) is 34.1 Å². The highest BCUT2D eigenvalue weighted by Crippen LogP contribution is 2.44. The number of hydrogen-bond donors (Lipinski definition) is 5. The molecule has 14 nitrogen and oxygen atoms in total. The molecule has 0 saturated carbocycles. The summed E-state index contributed by atoms with van der Waals surface area (Å²) in [4.78, 5) is 66.1. The van der Waals surface area contributed by atoms with Crippen molar-refractivity contribution < 1.29 is 53.9 Å². The van der Waals surface area contributed by atoms with Crippen LogP contribution in [-0.4, -0.2) is 112 Å². The second-order valence-electron chi connectivity index (χ2n) is 7.89. The van der Waals surface area contributed by atoms with Crippen LogP contribution in [0.2, 0.25) is 0 Å². The third-order valence-corrected chi connectivity index (χ3v) is 6.77. The minimum atomic E-state index is -1.82. The van der Waals surface area contributed by atoms with Gasteiger partial charge in [0.05, 0.1) is 16.9 Å². The van der Waals surface area contributed by atoms with Gasteiger partial charge < -0.3 is 35.4 Å². The number of carbonyl (C=O) groups is 6. The molecule has 0 unspecified atom stereocenters. The van der Waals surface area contributed by atoms with E-state index in [2.05, 4.69) is 38.1 Å². The number of hydrogen-bond acceptors (Lipinski definition) is 10. The average Bonchev–Trinajstić information content (AvgIpc) is 3.22. The Kier molecular flexibility index (Phi) is 14.5. The maximum Gasteiger partial charge on any atom is 0.414 e. The highest BCUT2D eigenvalue weighted by molar-refractivity contribution is 9.11. The summed E-state index contributed by atoms with van der Waals surface area (Å²) in [5.74, 6) is -7.85. The topological polar surface area (TPSA) is 211 Å². The van der Waals surface area contributed by atoms with E-state index in [1.165, 1.54) is 11.3 Å². The number of piperazine rings is 1. The molecule has 40 heavy (non-hydrogen) atoms. The number of halogens is 1. The number of carboxylic acids is 4. The number of thiophene rings is 1. The molecule has 1 saturated heterocycles. The van der Waals surface area contributed by atoms with Crippen LogP contribution in [0.25, 0.3) is 11.1 Å². The second-order valence-corrected chi connectivity index (χ2v) is 10.2. The van der Waals surface area contributed by atoms with Gasteiger partial charge in [-0.3, -0.25) is 9.69 Å². The van der Waals surface area contributed by atoms with Crippen molar-refractivity contribution in [3.8, 4) is 11.1 Å². The third kappa shape index (κ3) is 11.5. The summed E-state index contributed by atoms with van der Waals surface area (Å²) in [5, 5.41) is 33.0. The molecule has 5 N–H and O–H groups in total. The van der Waals surface area contributed by atoms with E-state index < -0.39 is 29.8 Å². The summed E-state index contributed by atoms with van der Waals surface area (Å²) in [6, 6.07) is 9.63. The highest BCUT2D eigenvalue weighted by Gasteiger charge is 2.27. The molecule has 1 fully saturated rings. The number of ether oxygens (including phenoxy) is 1. The SMILES string of the molecule is CCOC(=O)c1c(NC(=O)CN2CCN(C)CC2)sc(Br)c1-c1ccccc1.O=C(O)C(=O)O.O=C(O)C(=O)O.